The van der Waals surface area contributed by atoms with Crippen molar-refractivity contribution in [2.24, 2.45) is 0 Å². The van der Waals surface area contributed by atoms with Gasteiger partial charge in [0.05, 0.1) is 0 Å². The Morgan fingerprint density at radius 2 is 2.10 bits per heavy atom. The predicted octanol–water partition coefficient (Wildman–Crippen LogP) is 2.22. The maximum absolute atomic E-state index is 5.68. The zero-order chi connectivity index (χ0) is 7.82. The van der Waals surface area contributed by atoms with Crippen molar-refractivity contribution in [1.29, 1.82) is 0 Å². The molecule has 0 bridgehead atoms. The molecule has 1 N–H and O–H groups in total. The molecule has 10 heavy (non-hydrogen) atoms. The van der Waals surface area contributed by atoms with Crippen LogP contribution in [-0.2, 0) is 0 Å². The highest BCUT2D eigenvalue weighted by Crippen LogP contribution is 1.98. The lowest BCUT2D eigenvalue weighted by atomic mass is 10.2. The molecule has 1 atom stereocenters. The number of halogens is 2. The topological polar surface area (TPSA) is 12.0 Å². The fourth-order valence-electron chi connectivity index (χ4n) is 0.841. The van der Waals surface area contributed by atoms with Gasteiger partial charge < -0.3 is 5.32 Å². The van der Waals surface area contributed by atoms with Gasteiger partial charge in [-0.05, 0) is 6.42 Å². The minimum Gasteiger partial charge on any atom is -0.312 e. The Balaban J connectivity index is 3.21. The van der Waals surface area contributed by atoms with Crippen LogP contribution in [0.5, 0.6) is 0 Å². The van der Waals surface area contributed by atoms with E-state index in [1.165, 1.54) is 6.42 Å². The summed E-state index contributed by atoms with van der Waals surface area (Å²) in [5.41, 5.74) is 0. The molecule has 1 nitrogen and oxygen atoms in total. The second-order valence-corrected chi connectivity index (χ2v) is 2.97. The molecule has 62 valence electrons. The van der Waals surface area contributed by atoms with Crippen molar-refractivity contribution in [2.75, 3.05) is 18.3 Å². The van der Waals surface area contributed by atoms with Crippen molar-refractivity contribution < 1.29 is 0 Å². The van der Waals surface area contributed by atoms with Crippen molar-refractivity contribution >= 4 is 23.2 Å². The van der Waals surface area contributed by atoms with E-state index >= 15 is 0 Å². The smallest absolute Gasteiger partial charge is 0.0377 e. The Morgan fingerprint density at radius 1 is 1.40 bits per heavy atom. The fraction of sp³-hybridized carbons (Fsp3) is 1.00. The van der Waals surface area contributed by atoms with Gasteiger partial charge in [-0.15, -0.1) is 23.2 Å². The first kappa shape index (κ1) is 10.5. The van der Waals surface area contributed by atoms with Crippen LogP contribution in [0.25, 0.3) is 0 Å². The van der Waals surface area contributed by atoms with Gasteiger partial charge >= 0.3 is 0 Å². The van der Waals surface area contributed by atoms with Gasteiger partial charge in [-0.25, -0.2) is 0 Å². The van der Waals surface area contributed by atoms with E-state index in [0.717, 1.165) is 13.0 Å². The average molecular weight is 184 g/mol. The van der Waals surface area contributed by atoms with Crippen LogP contribution in [0.2, 0.25) is 0 Å². The van der Waals surface area contributed by atoms with E-state index in [1.54, 1.807) is 0 Å². The van der Waals surface area contributed by atoms with Crippen LogP contribution >= 0.6 is 23.2 Å². The molecule has 0 aromatic rings. The van der Waals surface area contributed by atoms with Gasteiger partial charge in [0, 0.05) is 24.3 Å². The SMILES string of the molecule is CCCC(CCl)NCCCl. The molecular formula is C7H15Cl2N. The maximum Gasteiger partial charge on any atom is 0.0377 e. The Hall–Kier alpha value is 0.540. The van der Waals surface area contributed by atoms with E-state index in [9.17, 15) is 0 Å². The lowest BCUT2D eigenvalue weighted by Gasteiger charge is -2.13. The molecule has 0 saturated heterocycles. The van der Waals surface area contributed by atoms with Gasteiger partial charge in [0.2, 0.25) is 0 Å². The number of rotatable bonds is 6. The first-order valence-corrected chi connectivity index (χ1v) is 4.77. The molecule has 3 heteroatoms. The van der Waals surface area contributed by atoms with Gasteiger partial charge in [0.25, 0.3) is 0 Å². The summed E-state index contributed by atoms with van der Waals surface area (Å²) in [6.07, 6.45) is 2.31. The fourth-order valence-corrected chi connectivity index (χ4v) is 1.21. The molecule has 0 aliphatic heterocycles. The summed E-state index contributed by atoms with van der Waals surface area (Å²) < 4.78 is 0. The molecule has 0 saturated carbocycles. The lowest BCUT2D eigenvalue weighted by molar-refractivity contribution is 0.530. The molecule has 0 rings (SSSR count). The van der Waals surface area contributed by atoms with Crippen LogP contribution in [0.4, 0.5) is 0 Å². The molecule has 0 radical (unpaired) electrons. The largest absolute Gasteiger partial charge is 0.312 e. The lowest BCUT2D eigenvalue weighted by Crippen LogP contribution is -2.31. The highest BCUT2D eigenvalue weighted by molar-refractivity contribution is 6.18. The summed E-state index contributed by atoms with van der Waals surface area (Å²) in [6.45, 7) is 3.01. The van der Waals surface area contributed by atoms with Crippen LogP contribution in [0.1, 0.15) is 19.8 Å². The van der Waals surface area contributed by atoms with Crippen molar-refractivity contribution in [3.05, 3.63) is 0 Å². The molecule has 0 aliphatic rings. The summed E-state index contributed by atoms with van der Waals surface area (Å²) in [7, 11) is 0. The number of nitrogens with one attached hydrogen (secondary N) is 1. The van der Waals surface area contributed by atoms with Crippen LogP contribution in [0, 0.1) is 0 Å². The van der Waals surface area contributed by atoms with Crippen molar-refractivity contribution in [3.8, 4) is 0 Å². The summed E-state index contributed by atoms with van der Waals surface area (Å²) >= 11 is 11.2. The second kappa shape index (κ2) is 7.64. The third-order valence-electron chi connectivity index (χ3n) is 1.35. The van der Waals surface area contributed by atoms with Gasteiger partial charge in [-0.2, -0.15) is 0 Å². The quantitative estimate of drug-likeness (QED) is 0.624. The monoisotopic (exact) mass is 183 g/mol. The molecule has 0 fully saturated rings. The van der Waals surface area contributed by atoms with E-state index in [4.69, 9.17) is 23.2 Å². The number of alkyl halides is 2. The highest BCUT2D eigenvalue weighted by atomic mass is 35.5. The molecule has 0 aliphatic carbocycles. The minimum absolute atomic E-state index is 0.449. The molecule has 0 aromatic carbocycles. The van der Waals surface area contributed by atoms with Crippen molar-refractivity contribution in [1.82, 2.24) is 5.32 Å². The zero-order valence-corrected chi connectivity index (χ0v) is 7.88. The summed E-state index contributed by atoms with van der Waals surface area (Å²) in [4.78, 5) is 0. The van der Waals surface area contributed by atoms with Gasteiger partial charge in [-0.1, -0.05) is 13.3 Å². The summed E-state index contributed by atoms with van der Waals surface area (Å²) in [5, 5.41) is 3.26. The predicted molar refractivity (Wildman–Crippen MR) is 48.1 cm³/mol. The standard InChI is InChI=1S/C7H15Cl2N/c1-2-3-7(6-9)10-5-4-8/h7,10H,2-6H2,1H3. The number of hydrogen-bond acceptors (Lipinski definition) is 1. The van der Waals surface area contributed by atoms with Crippen LogP contribution in [0.3, 0.4) is 0 Å². The molecule has 1 unspecified atom stereocenters. The van der Waals surface area contributed by atoms with E-state index in [0.29, 0.717) is 17.8 Å². The van der Waals surface area contributed by atoms with Crippen LogP contribution in [-0.4, -0.2) is 24.3 Å². The first-order valence-electron chi connectivity index (χ1n) is 3.70. The van der Waals surface area contributed by atoms with Gasteiger partial charge in [-0.3, -0.25) is 0 Å². The summed E-state index contributed by atoms with van der Waals surface area (Å²) in [6, 6.07) is 0.449. The van der Waals surface area contributed by atoms with E-state index in [-0.39, 0.29) is 0 Å². The molecule has 0 aromatic heterocycles. The zero-order valence-electron chi connectivity index (χ0n) is 6.37. The molecule has 0 amide bonds. The Kier molecular flexibility index (Phi) is 8.06. The minimum atomic E-state index is 0.449. The third kappa shape index (κ3) is 5.33. The maximum atomic E-state index is 5.68. The first-order chi connectivity index (χ1) is 4.85. The second-order valence-electron chi connectivity index (χ2n) is 2.28. The molecule has 0 heterocycles. The van der Waals surface area contributed by atoms with Gasteiger partial charge in [0.15, 0.2) is 0 Å². The van der Waals surface area contributed by atoms with Crippen LogP contribution in [0.15, 0.2) is 0 Å². The van der Waals surface area contributed by atoms with Gasteiger partial charge in [0.1, 0.15) is 0 Å². The average Bonchev–Trinajstić information content (AvgIpc) is 1.98. The summed E-state index contributed by atoms with van der Waals surface area (Å²) in [5.74, 6) is 1.35. The molecular weight excluding hydrogens is 169 g/mol. The van der Waals surface area contributed by atoms with E-state index in [1.807, 2.05) is 0 Å². The van der Waals surface area contributed by atoms with Crippen molar-refractivity contribution in [2.45, 2.75) is 25.8 Å². The van der Waals surface area contributed by atoms with Crippen LogP contribution < -0.4 is 5.32 Å². The Labute approximate surface area is 73.1 Å². The molecule has 0 spiro atoms. The Bertz CT molecular complexity index is 68.6. The number of hydrogen-bond donors (Lipinski definition) is 1. The van der Waals surface area contributed by atoms with E-state index in [2.05, 4.69) is 12.2 Å². The van der Waals surface area contributed by atoms with Crippen molar-refractivity contribution in [3.63, 3.8) is 0 Å². The Morgan fingerprint density at radius 3 is 2.50 bits per heavy atom. The third-order valence-corrected chi connectivity index (χ3v) is 1.91. The van der Waals surface area contributed by atoms with E-state index < -0.39 is 0 Å². The normalized spacial score (nSPS) is 13.5. The highest BCUT2D eigenvalue weighted by Gasteiger charge is 2.02.